The summed E-state index contributed by atoms with van der Waals surface area (Å²) in [4.78, 5) is 14.6. The van der Waals surface area contributed by atoms with E-state index in [1.165, 1.54) is 6.26 Å². The quantitative estimate of drug-likeness (QED) is 0.788. The second-order valence-electron chi connectivity index (χ2n) is 6.57. The van der Waals surface area contributed by atoms with Gasteiger partial charge in [-0.3, -0.25) is 4.79 Å². The van der Waals surface area contributed by atoms with Crippen molar-refractivity contribution in [1.82, 2.24) is 10.1 Å². The van der Waals surface area contributed by atoms with Crippen LogP contribution in [-0.2, 0) is 0 Å². The van der Waals surface area contributed by atoms with Crippen molar-refractivity contribution < 1.29 is 14.4 Å². The zero-order valence-electron chi connectivity index (χ0n) is 14.3. The number of β-amino-alcohol motifs (C(OH)–C–C–N with tert-alkyl or cyclic N) is 1. The minimum absolute atomic E-state index is 0.0521. The van der Waals surface area contributed by atoms with Gasteiger partial charge < -0.3 is 14.5 Å². The Morgan fingerprint density at radius 1 is 1.08 bits per heavy atom. The lowest BCUT2D eigenvalue weighted by Crippen LogP contribution is -2.45. The molecule has 1 aromatic heterocycles. The predicted octanol–water partition coefficient (Wildman–Crippen LogP) is 3.33. The van der Waals surface area contributed by atoms with Crippen molar-refractivity contribution in [2.45, 2.75) is 18.4 Å². The van der Waals surface area contributed by atoms with Crippen molar-refractivity contribution >= 4 is 5.91 Å². The van der Waals surface area contributed by atoms with Crippen molar-refractivity contribution in [2.75, 3.05) is 13.1 Å². The number of hydrogen-bond acceptors (Lipinski definition) is 4. The average molecular weight is 348 g/mol. The number of likely N-dealkylation sites (tertiary alicyclic amines) is 1. The second-order valence-corrected chi connectivity index (χ2v) is 6.57. The number of carbonyl (C=O) groups excluding carboxylic acids is 1. The molecule has 2 aromatic carbocycles. The van der Waals surface area contributed by atoms with E-state index in [0.717, 1.165) is 17.5 Å². The monoisotopic (exact) mass is 348 g/mol. The molecule has 1 aliphatic rings. The van der Waals surface area contributed by atoms with Crippen molar-refractivity contribution in [2.24, 2.45) is 0 Å². The minimum atomic E-state index is -0.588. The second kappa shape index (κ2) is 7.14. The molecule has 0 saturated carbocycles. The van der Waals surface area contributed by atoms with Gasteiger partial charge in [0.15, 0.2) is 0 Å². The third kappa shape index (κ3) is 3.13. The van der Waals surface area contributed by atoms with E-state index in [2.05, 4.69) is 5.16 Å². The van der Waals surface area contributed by atoms with Gasteiger partial charge in [0.2, 0.25) is 0 Å². The minimum Gasteiger partial charge on any atom is -0.391 e. The number of aliphatic hydroxyl groups excluding tert-OH is 1. The highest BCUT2D eigenvalue weighted by atomic mass is 16.5. The predicted molar refractivity (Wildman–Crippen MR) is 97.6 cm³/mol. The first kappa shape index (κ1) is 16.5. The van der Waals surface area contributed by atoms with Crippen molar-refractivity contribution in [3.8, 4) is 11.3 Å². The van der Waals surface area contributed by atoms with E-state index in [4.69, 9.17) is 4.52 Å². The van der Waals surface area contributed by atoms with Crippen LogP contribution < -0.4 is 0 Å². The topological polar surface area (TPSA) is 66.6 Å². The number of benzene rings is 2. The number of nitrogens with zero attached hydrogens (tertiary/aromatic N) is 2. The maximum absolute atomic E-state index is 13.0. The van der Waals surface area contributed by atoms with Crippen molar-refractivity contribution in [3.05, 3.63) is 78.1 Å². The molecule has 1 fully saturated rings. The Morgan fingerprint density at radius 2 is 1.77 bits per heavy atom. The number of aliphatic hydroxyl groups is 1. The molecule has 1 saturated heterocycles. The number of rotatable bonds is 3. The first-order chi connectivity index (χ1) is 12.7. The van der Waals surface area contributed by atoms with Crippen LogP contribution in [0.15, 0.2) is 71.4 Å². The Balaban J connectivity index is 1.52. The van der Waals surface area contributed by atoms with Crippen LogP contribution >= 0.6 is 0 Å². The van der Waals surface area contributed by atoms with Gasteiger partial charge in [0.05, 0.1) is 6.10 Å². The molecule has 2 atom stereocenters. The van der Waals surface area contributed by atoms with Gasteiger partial charge in [0, 0.05) is 24.6 Å². The highest BCUT2D eigenvalue weighted by molar-refractivity contribution is 5.99. The lowest BCUT2D eigenvalue weighted by molar-refractivity contribution is 0.0382. The molecule has 0 bridgehead atoms. The van der Waals surface area contributed by atoms with Gasteiger partial charge in [-0.1, -0.05) is 65.8 Å². The summed E-state index contributed by atoms with van der Waals surface area (Å²) >= 11 is 0. The Labute approximate surface area is 151 Å². The molecule has 0 aliphatic carbocycles. The van der Waals surface area contributed by atoms with Crippen LogP contribution in [0.25, 0.3) is 11.3 Å². The molecule has 1 N–H and O–H groups in total. The van der Waals surface area contributed by atoms with Crippen molar-refractivity contribution in [3.63, 3.8) is 0 Å². The van der Waals surface area contributed by atoms with E-state index in [0.29, 0.717) is 24.3 Å². The summed E-state index contributed by atoms with van der Waals surface area (Å²) in [6, 6.07) is 19.5. The Morgan fingerprint density at radius 3 is 2.46 bits per heavy atom. The summed E-state index contributed by atoms with van der Waals surface area (Å²) in [5, 5.41) is 14.6. The van der Waals surface area contributed by atoms with Gasteiger partial charge in [-0.15, -0.1) is 0 Å². The fraction of sp³-hybridized carbons (Fsp3) is 0.238. The Kier molecular flexibility index (Phi) is 4.54. The highest BCUT2D eigenvalue weighted by Gasteiger charge is 2.33. The summed E-state index contributed by atoms with van der Waals surface area (Å²) in [6.45, 7) is 0.896. The van der Waals surface area contributed by atoms with Crippen LogP contribution in [0.1, 0.15) is 28.3 Å². The van der Waals surface area contributed by atoms with Gasteiger partial charge in [-0.05, 0) is 12.0 Å². The maximum atomic E-state index is 13.0. The summed E-state index contributed by atoms with van der Waals surface area (Å²) in [7, 11) is 0. The molecule has 1 amide bonds. The number of aromatic nitrogens is 1. The SMILES string of the molecule is O=C(c1conc1-c1ccccc1)N1CC[C@@H](c2ccccc2)[C@H](O)C1. The van der Waals surface area contributed by atoms with Gasteiger partial charge in [-0.2, -0.15) is 0 Å². The van der Waals surface area contributed by atoms with Crippen LogP contribution in [0.3, 0.4) is 0 Å². The third-order valence-corrected chi connectivity index (χ3v) is 4.94. The van der Waals surface area contributed by atoms with Crippen molar-refractivity contribution in [1.29, 1.82) is 0 Å². The molecular weight excluding hydrogens is 328 g/mol. The number of piperidine rings is 1. The van der Waals surface area contributed by atoms with E-state index in [1.54, 1.807) is 4.90 Å². The highest BCUT2D eigenvalue weighted by Crippen LogP contribution is 2.30. The molecule has 5 heteroatoms. The molecule has 0 spiro atoms. The van der Waals surface area contributed by atoms with Gasteiger partial charge in [0.25, 0.3) is 5.91 Å². The maximum Gasteiger partial charge on any atom is 0.259 e. The molecule has 3 aromatic rings. The summed E-state index contributed by atoms with van der Waals surface area (Å²) < 4.78 is 5.07. The molecule has 1 aliphatic heterocycles. The summed E-state index contributed by atoms with van der Waals surface area (Å²) in [6.07, 6.45) is 1.53. The Hall–Kier alpha value is -2.92. The van der Waals surface area contributed by atoms with Crippen LogP contribution in [0.4, 0.5) is 0 Å². The first-order valence-corrected chi connectivity index (χ1v) is 8.76. The first-order valence-electron chi connectivity index (χ1n) is 8.76. The van der Waals surface area contributed by atoms with E-state index in [-0.39, 0.29) is 11.8 Å². The summed E-state index contributed by atoms with van der Waals surface area (Å²) in [5.41, 5.74) is 2.92. The number of hydrogen-bond donors (Lipinski definition) is 1. The Bertz CT molecular complexity index is 877. The lowest BCUT2D eigenvalue weighted by atomic mass is 9.87. The van der Waals surface area contributed by atoms with Gasteiger partial charge >= 0.3 is 0 Å². The van der Waals surface area contributed by atoms with Gasteiger partial charge in [0.1, 0.15) is 17.5 Å². The molecule has 2 heterocycles. The van der Waals surface area contributed by atoms with E-state index in [9.17, 15) is 9.90 Å². The fourth-order valence-electron chi connectivity index (χ4n) is 3.57. The van der Waals surface area contributed by atoms with E-state index in [1.807, 2.05) is 60.7 Å². The zero-order chi connectivity index (χ0) is 17.9. The average Bonchev–Trinajstić information content (AvgIpc) is 3.18. The summed E-state index contributed by atoms with van der Waals surface area (Å²) in [5.74, 6) is -0.105. The van der Waals surface area contributed by atoms with Crippen LogP contribution in [0.2, 0.25) is 0 Å². The molecule has 0 unspecified atom stereocenters. The van der Waals surface area contributed by atoms with E-state index < -0.39 is 6.10 Å². The van der Waals surface area contributed by atoms with Crippen LogP contribution in [-0.4, -0.2) is 40.3 Å². The van der Waals surface area contributed by atoms with E-state index >= 15 is 0 Å². The lowest BCUT2D eigenvalue weighted by Gasteiger charge is -2.36. The number of carbonyl (C=O) groups is 1. The molecule has 4 rings (SSSR count). The largest absolute Gasteiger partial charge is 0.391 e. The standard InChI is InChI=1S/C21H20N2O3/c24-19-13-23(12-11-17(19)15-7-3-1-4-8-15)21(25)18-14-26-22-20(18)16-9-5-2-6-10-16/h1-10,14,17,19,24H,11-13H2/t17-,19+/m0/s1. The normalized spacial score (nSPS) is 20.1. The molecular formula is C21H20N2O3. The fourth-order valence-corrected chi connectivity index (χ4v) is 3.57. The van der Waals surface area contributed by atoms with Crippen LogP contribution in [0.5, 0.6) is 0 Å². The van der Waals surface area contributed by atoms with Crippen LogP contribution in [0, 0.1) is 0 Å². The molecule has 5 nitrogen and oxygen atoms in total. The third-order valence-electron chi connectivity index (χ3n) is 4.94. The molecule has 0 radical (unpaired) electrons. The number of amides is 1. The molecule has 26 heavy (non-hydrogen) atoms. The zero-order valence-corrected chi connectivity index (χ0v) is 14.3. The molecule has 132 valence electrons. The van der Waals surface area contributed by atoms with Gasteiger partial charge in [-0.25, -0.2) is 0 Å². The smallest absolute Gasteiger partial charge is 0.259 e.